The van der Waals surface area contributed by atoms with Gasteiger partial charge in [-0.2, -0.15) is 0 Å². The summed E-state index contributed by atoms with van der Waals surface area (Å²) in [4.78, 5) is 37.9. The first kappa shape index (κ1) is 58.6. The highest BCUT2D eigenvalue weighted by Gasteiger charge is 2.19. The second-order valence-electron chi connectivity index (χ2n) is 15.8. The fourth-order valence-corrected chi connectivity index (χ4v) is 6.17. The molecule has 1 unspecified atom stereocenters. The molecule has 0 N–H and O–H groups in total. The maximum atomic E-state index is 12.7. The first-order valence-electron chi connectivity index (χ1n) is 24.8. The van der Waals surface area contributed by atoms with Crippen LogP contribution in [0.25, 0.3) is 0 Å². The minimum Gasteiger partial charge on any atom is -0.462 e. The maximum absolute atomic E-state index is 12.7. The topological polar surface area (TPSA) is 78.9 Å². The predicted octanol–water partition coefficient (Wildman–Crippen LogP) is 16.3. The molecule has 0 heterocycles. The standard InChI is InChI=1S/C57H88O6/c1-4-7-10-13-16-19-22-25-27-29-31-32-35-38-41-44-47-50-56(59)62-53-54(52-61-55(58)49-46-43-40-37-34-24-21-18-15-12-9-6-3)63-57(60)51-48-45-42-39-36-33-30-28-26-23-20-17-14-11-8-5-2/h7-8,10-11,13,16-17,19-20,22,25-29,31-33,35-36,42,45,54H,4-6,9,12,14-15,18,21,23-24,30,34,37-41,43-44,46-53H2,1-3H3/b10-7-,11-8-,16-13-,20-17-,22-19-,27-25-,28-26-,31-29+,35-32-,36-33-,45-42-. The highest BCUT2D eigenvalue weighted by Crippen LogP contribution is 2.13. The molecular weight excluding hydrogens is 781 g/mol. The first-order valence-corrected chi connectivity index (χ1v) is 24.8. The van der Waals surface area contributed by atoms with E-state index >= 15 is 0 Å². The van der Waals surface area contributed by atoms with Crippen LogP contribution in [0.1, 0.15) is 188 Å². The molecule has 0 saturated heterocycles. The van der Waals surface area contributed by atoms with E-state index in [0.29, 0.717) is 19.3 Å². The summed E-state index contributed by atoms with van der Waals surface area (Å²) < 4.78 is 16.7. The first-order chi connectivity index (χ1) is 31.0. The van der Waals surface area contributed by atoms with Crippen molar-refractivity contribution in [1.82, 2.24) is 0 Å². The monoisotopic (exact) mass is 869 g/mol. The summed E-state index contributed by atoms with van der Waals surface area (Å²) in [5.41, 5.74) is 0. The summed E-state index contributed by atoms with van der Waals surface area (Å²) in [7, 11) is 0. The molecule has 0 spiro atoms. The van der Waals surface area contributed by atoms with Gasteiger partial charge in [0.25, 0.3) is 0 Å². The Hall–Kier alpha value is -4.45. The molecule has 0 aromatic rings. The van der Waals surface area contributed by atoms with Gasteiger partial charge in [-0.05, 0) is 70.6 Å². The van der Waals surface area contributed by atoms with Crippen molar-refractivity contribution in [3.8, 4) is 0 Å². The van der Waals surface area contributed by atoms with E-state index in [1.165, 1.54) is 57.8 Å². The fourth-order valence-electron chi connectivity index (χ4n) is 6.17. The van der Waals surface area contributed by atoms with Crippen LogP contribution >= 0.6 is 0 Å². The van der Waals surface area contributed by atoms with Crippen LogP contribution in [-0.2, 0) is 28.6 Å². The molecule has 0 amide bonds. The zero-order chi connectivity index (χ0) is 45.8. The molecule has 6 nitrogen and oxygen atoms in total. The van der Waals surface area contributed by atoms with Crippen LogP contribution in [-0.4, -0.2) is 37.2 Å². The molecule has 0 aliphatic rings. The van der Waals surface area contributed by atoms with E-state index in [2.05, 4.69) is 81.5 Å². The Labute approximate surface area is 385 Å². The van der Waals surface area contributed by atoms with Gasteiger partial charge in [-0.1, -0.05) is 231 Å². The summed E-state index contributed by atoms with van der Waals surface area (Å²) in [6.07, 6.45) is 70.1. The Morgan fingerprint density at radius 2 is 0.730 bits per heavy atom. The van der Waals surface area contributed by atoms with Crippen LogP contribution in [0.2, 0.25) is 0 Å². The largest absolute Gasteiger partial charge is 0.462 e. The zero-order valence-corrected chi connectivity index (χ0v) is 40.0. The third kappa shape index (κ3) is 48.4. The number of carbonyl (C=O) groups is 3. The quantitative estimate of drug-likeness (QED) is 0.0200. The lowest BCUT2D eigenvalue weighted by Gasteiger charge is -2.18. The SMILES string of the molecule is CC\C=C/C=C\C=C/C=C\C=C\C=C/CCCCCC(=O)OCC(COC(=O)CCCCCCCCCCCCCC)OC(=O)CC/C=C\C/C=C\C/C=C\C/C=C\C/C=C\CC. The van der Waals surface area contributed by atoms with Crippen LogP contribution in [0, 0.1) is 0 Å². The summed E-state index contributed by atoms with van der Waals surface area (Å²) in [6.45, 7) is 6.25. The van der Waals surface area contributed by atoms with E-state index in [0.717, 1.165) is 77.0 Å². The van der Waals surface area contributed by atoms with Crippen LogP contribution in [0.15, 0.2) is 134 Å². The van der Waals surface area contributed by atoms with Crippen LogP contribution in [0.4, 0.5) is 0 Å². The zero-order valence-electron chi connectivity index (χ0n) is 40.0. The van der Waals surface area contributed by atoms with Gasteiger partial charge in [-0.25, -0.2) is 0 Å². The second-order valence-corrected chi connectivity index (χ2v) is 15.8. The average Bonchev–Trinajstić information content (AvgIpc) is 3.28. The second kappa shape index (κ2) is 50.2. The average molecular weight is 869 g/mol. The molecule has 0 saturated carbocycles. The van der Waals surface area contributed by atoms with Crippen LogP contribution in [0.3, 0.4) is 0 Å². The summed E-state index contributed by atoms with van der Waals surface area (Å²) in [6, 6.07) is 0. The molecule has 0 radical (unpaired) electrons. The van der Waals surface area contributed by atoms with E-state index in [4.69, 9.17) is 14.2 Å². The highest BCUT2D eigenvalue weighted by atomic mass is 16.6. The maximum Gasteiger partial charge on any atom is 0.306 e. The number of ether oxygens (including phenoxy) is 3. The Kier molecular flexibility index (Phi) is 46.7. The molecule has 63 heavy (non-hydrogen) atoms. The van der Waals surface area contributed by atoms with Gasteiger partial charge in [-0.15, -0.1) is 0 Å². The predicted molar refractivity (Wildman–Crippen MR) is 269 cm³/mol. The van der Waals surface area contributed by atoms with Crippen molar-refractivity contribution in [3.63, 3.8) is 0 Å². The van der Waals surface area contributed by atoms with E-state index in [9.17, 15) is 14.4 Å². The Bertz CT molecular complexity index is 1420. The molecule has 352 valence electrons. The lowest BCUT2D eigenvalue weighted by Crippen LogP contribution is -2.30. The molecule has 0 aromatic carbocycles. The van der Waals surface area contributed by atoms with Crippen molar-refractivity contribution in [1.29, 1.82) is 0 Å². The normalized spacial score (nSPS) is 13.3. The number of hydrogen-bond acceptors (Lipinski definition) is 6. The molecule has 0 fully saturated rings. The van der Waals surface area contributed by atoms with Crippen molar-refractivity contribution in [2.75, 3.05) is 13.2 Å². The molecule has 0 aromatic heterocycles. The van der Waals surface area contributed by atoms with Gasteiger partial charge in [0.2, 0.25) is 0 Å². The molecule has 1 atom stereocenters. The number of hydrogen-bond donors (Lipinski definition) is 0. The van der Waals surface area contributed by atoms with E-state index < -0.39 is 12.1 Å². The van der Waals surface area contributed by atoms with Crippen LogP contribution in [0.5, 0.6) is 0 Å². The minimum atomic E-state index is -0.838. The Balaban J connectivity index is 4.62. The lowest BCUT2D eigenvalue weighted by molar-refractivity contribution is -0.166. The number of rotatable bonds is 42. The fraction of sp³-hybridized carbons (Fsp3) is 0.561. The van der Waals surface area contributed by atoms with E-state index in [-0.39, 0.29) is 38.0 Å². The Morgan fingerprint density at radius 3 is 1.19 bits per heavy atom. The van der Waals surface area contributed by atoms with Gasteiger partial charge in [0, 0.05) is 19.3 Å². The van der Waals surface area contributed by atoms with Crippen molar-refractivity contribution in [2.24, 2.45) is 0 Å². The Morgan fingerprint density at radius 1 is 0.349 bits per heavy atom. The van der Waals surface area contributed by atoms with Crippen LogP contribution < -0.4 is 0 Å². The molecule has 0 aliphatic heterocycles. The molecule has 6 heteroatoms. The molecule has 0 bridgehead atoms. The van der Waals surface area contributed by atoms with Crippen molar-refractivity contribution in [3.05, 3.63) is 134 Å². The molecule has 0 aliphatic carbocycles. The summed E-state index contributed by atoms with van der Waals surface area (Å²) in [5, 5.41) is 0. The lowest BCUT2D eigenvalue weighted by atomic mass is 10.0. The number of esters is 3. The van der Waals surface area contributed by atoms with Crippen molar-refractivity contribution >= 4 is 17.9 Å². The number of unbranched alkanes of at least 4 members (excludes halogenated alkanes) is 14. The van der Waals surface area contributed by atoms with Crippen molar-refractivity contribution < 1.29 is 28.6 Å². The smallest absolute Gasteiger partial charge is 0.306 e. The minimum absolute atomic E-state index is 0.126. The number of carbonyl (C=O) groups excluding carboxylic acids is 3. The highest BCUT2D eigenvalue weighted by molar-refractivity contribution is 5.71. The van der Waals surface area contributed by atoms with Gasteiger partial charge in [-0.3, -0.25) is 14.4 Å². The van der Waals surface area contributed by atoms with Gasteiger partial charge >= 0.3 is 17.9 Å². The van der Waals surface area contributed by atoms with Gasteiger partial charge in [0.1, 0.15) is 13.2 Å². The van der Waals surface area contributed by atoms with E-state index in [1.807, 2.05) is 72.9 Å². The van der Waals surface area contributed by atoms with Crippen molar-refractivity contribution in [2.45, 2.75) is 194 Å². The summed E-state index contributed by atoms with van der Waals surface area (Å²) >= 11 is 0. The number of allylic oxidation sites excluding steroid dienone is 22. The van der Waals surface area contributed by atoms with E-state index in [1.54, 1.807) is 0 Å². The molecule has 0 rings (SSSR count). The van der Waals surface area contributed by atoms with Gasteiger partial charge in [0.05, 0.1) is 0 Å². The van der Waals surface area contributed by atoms with Gasteiger partial charge in [0.15, 0.2) is 6.10 Å². The third-order valence-electron chi connectivity index (χ3n) is 9.83. The molecular formula is C57H88O6. The third-order valence-corrected chi connectivity index (χ3v) is 9.83. The summed E-state index contributed by atoms with van der Waals surface area (Å²) in [5.74, 6) is -1.07. The van der Waals surface area contributed by atoms with Gasteiger partial charge < -0.3 is 14.2 Å².